The number of rotatable bonds is 5. The van der Waals surface area contributed by atoms with Gasteiger partial charge < -0.3 is 9.84 Å². The summed E-state index contributed by atoms with van der Waals surface area (Å²) in [6, 6.07) is 11.0. The lowest BCUT2D eigenvalue weighted by molar-refractivity contribution is -0.384. The van der Waals surface area contributed by atoms with Gasteiger partial charge in [-0.25, -0.2) is 0 Å². The van der Waals surface area contributed by atoms with Crippen molar-refractivity contribution in [2.24, 2.45) is 4.99 Å². The molecular formula is C15H14N2O4. The minimum atomic E-state index is -0.467. The third-order valence-corrected chi connectivity index (χ3v) is 2.74. The summed E-state index contributed by atoms with van der Waals surface area (Å²) in [5, 5.41) is 20.6. The Balaban J connectivity index is 2.21. The zero-order valence-electron chi connectivity index (χ0n) is 11.4. The fourth-order valence-corrected chi connectivity index (χ4v) is 1.72. The largest absolute Gasteiger partial charge is 0.504 e. The number of ether oxygens (including phenoxy) is 1. The van der Waals surface area contributed by atoms with Gasteiger partial charge in [-0.15, -0.1) is 0 Å². The van der Waals surface area contributed by atoms with Crippen LogP contribution in [0.4, 0.5) is 11.4 Å². The Hall–Kier alpha value is -2.89. The van der Waals surface area contributed by atoms with Gasteiger partial charge in [-0.3, -0.25) is 15.1 Å². The normalized spacial score (nSPS) is 10.7. The average Bonchev–Trinajstić information content (AvgIpc) is 2.49. The number of hydrogen-bond donors (Lipinski definition) is 1. The molecule has 21 heavy (non-hydrogen) atoms. The third kappa shape index (κ3) is 3.56. The molecule has 0 radical (unpaired) electrons. The fourth-order valence-electron chi connectivity index (χ4n) is 1.72. The van der Waals surface area contributed by atoms with Crippen molar-refractivity contribution in [1.29, 1.82) is 0 Å². The molecule has 0 aromatic heterocycles. The van der Waals surface area contributed by atoms with Crippen molar-refractivity contribution in [1.82, 2.24) is 0 Å². The van der Waals surface area contributed by atoms with Crippen molar-refractivity contribution >= 4 is 17.6 Å². The quantitative estimate of drug-likeness (QED) is 0.518. The van der Waals surface area contributed by atoms with Crippen LogP contribution in [0, 0.1) is 10.1 Å². The molecule has 2 aromatic carbocycles. The third-order valence-electron chi connectivity index (χ3n) is 2.74. The van der Waals surface area contributed by atoms with Gasteiger partial charge in [-0.1, -0.05) is 6.07 Å². The standard InChI is InChI=1S/C15H14N2O4/c1-2-21-14-5-3-4-11(15(14)18)10-16-12-6-8-13(9-7-12)17(19)20/h3-10,18H,2H2,1H3. The molecule has 6 nitrogen and oxygen atoms in total. The van der Waals surface area contributed by atoms with E-state index in [0.717, 1.165) is 0 Å². The number of phenols is 1. The molecule has 0 aliphatic rings. The van der Waals surface area contributed by atoms with Crippen molar-refractivity contribution in [3.8, 4) is 11.5 Å². The fraction of sp³-hybridized carbons (Fsp3) is 0.133. The second-order valence-electron chi connectivity index (χ2n) is 4.16. The van der Waals surface area contributed by atoms with Crippen LogP contribution in [0.15, 0.2) is 47.5 Å². The Morgan fingerprint density at radius 1 is 1.29 bits per heavy atom. The smallest absolute Gasteiger partial charge is 0.269 e. The summed E-state index contributed by atoms with van der Waals surface area (Å²) in [5.41, 5.74) is 1.08. The summed E-state index contributed by atoms with van der Waals surface area (Å²) < 4.78 is 5.28. The number of phenolic OH excluding ortho intramolecular Hbond substituents is 1. The van der Waals surface area contributed by atoms with E-state index in [1.54, 1.807) is 18.2 Å². The summed E-state index contributed by atoms with van der Waals surface area (Å²) in [6.07, 6.45) is 1.49. The monoisotopic (exact) mass is 286 g/mol. The van der Waals surface area contributed by atoms with E-state index in [0.29, 0.717) is 23.6 Å². The first-order chi connectivity index (χ1) is 10.1. The Morgan fingerprint density at radius 3 is 2.62 bits per heavy atom. The molecule has 2 rings (SSSR count). The molecule has 0 atom stereocenters. The van der Waals surface area contributed by atoms with Gasteiger partial charge >= 0.3 is 0 Å². The molecule has 0 aliphatic heterocycles. The molecule has 0 saturated carbocycles. The lowest BCUT2D eigenvalue weighted by Crippen LogP contribution is -1.93. The number of nitro groups is 1. The predicted molar refractivity (Wildman–Crippen MR) is 79.6 cm³/mol. The predicted octanol–water partition coefficient (Wildman–Crippen LogP) is 3.45. The van der Waals surface area contributed by atoms with Crippen molar-refractivity contribution in [3.63, 3.8) is 0 Å². The molecule has 6 heteroatoms. The van der Waals surface area contributed by atoms with E-state index in [9.17, 15) is 15.2 Å². The van der Waals surface area contributed by atoms with Crippen LogP contribution in [0.1, 0.15) is 12.5 Å². The molecule has 1 N–H and O–H groups in total. The van der Waals surface area contributed by atoms with E-state index in [2.05, 4.69) is 4.99 Å². The van der Waals surface area contributed by atoms with Gasteiger partial charge in [0.05, 0.1) is 17.2 Å². The molecule has 0 fully saturated rings. The summed E-state index contributed by atoms with van der Waals surface area (Å²) in [6.45, 7) is 2.29. The van der Waals surface area contributed by atoms with Crippen molar-refractivity contribution in [3.05, 3.63) is 58.1 Å². The van der Waals surface area contributed by atoms with Crippen molar-refractivity contribution in [2.45, 2.75) is 6.92 Å². The maximum absolute atomic E-state index is 10.6. The maximum atomic E-state index is 10.6. The van der Waals surface area contributed by atoms with Crippen LogP contribution < -0.4 is 4.74 Å². The van der Waals surface area contributed by atoms with Crippen LogP contribution in [0.3, 0.4) is 0 Å². The van der Waals surface area contributed by atoms with E-state index >= 15 is 0 Å². The second-order valence-corrected chi connectivity index (χ2v) is 4.16. The molecule has 0 spiro atoms. The molecule has 0 aliphatic carbocycles. The van der Waals surface area contributed by atoms with Gasteiger partial charge in [0.1, 0.15) is 0 Å². The van der Waals surface area contributed by atoms with E-state index in [1.807, 2.05) is 6.92 Å². The van der Waals surface area contributed by atoms with Gasteiger partial charge in [0.2, 0.25) is 0 Å². The number of aromatic hydroxyl groups is 1. The number of nitrogens with zero attached hydrogens (tertiary/aromatic N) is 2. The number of non-ortho nitro benzene ring substituents is 1. The number of aliphatic imine (C=N–C) groups is 1. The molecule has 2 aromatic rings. The topological polar surface area (TPSA) is 85.0 Å². The number of hydrogen-bond acceptors (Lipinski definition) is 5. The zero-order chi connectivity index (χ0) is 15.2. The zero-order valence-corrected chi connectivity index (χ0v) is 11.4. The Labute approximate surface area is 121 Å². The van der Waals surface area contributed by atoms with Gasteiger partial charge in [0.15, 0.2) is 11.5 Å². The molecule has 0 saturated heterocycles. The highest BCUT2D eigenvalue weighted by Gasteiger charge is 2.06. The highest BCUT2D eigenvalue weighted by atomic mass is 16.6. The van der Waals surface area contributed by atoms with Crippen molar-refractivity contribution in [2.75, 3.05) is 6.61 Å². The summed E-state index contributed by atoms with van der Waals surface area (Å²) >= 11 is 0. The SMILES string of the molecule is CCOc1cccc(C=Nc2ccc([N+](=O)[O-])cc2)c1O. The maximum Gasteiger partial charge on any atom is 0.269 e. The number of para-hydroxylation sites is 1. The van der Waals surface area contributed by atoms with Crippen LogP contribution in [-0.4, -0.2) is 22.9 Å². The molecule has 0 bridgehead atoms. The molecule has 108 valence electrons. The van der Waals surface area contributed by atoms with E-state index in [1.165, 1.54) is 30.5 Å². The summed E-state index contributed by atoms with van der Waals surface area (Å²) in [5.74, 6) is 0.412. The van der Waals surface area contributed by atoms with Crippen LogP contribution in [0.5, 0.6) is 11.5 Å². The van der Waals surface area contributed by atoms with Crippen LogP contribution in [0.2, 0.25) is 0 Å². The second kappa shape index (κ2) is 6.51. The lowest BCUT2D eigenvalue weighted by atomic mass is 10.2. The average molecular weight is 286 g/mol. The molecule has 0 amide bonds. The Bertz CT molecular complexity index is 666. The van der Waals surface area contributed by atoms with E-state index in [-0.39, 0.29) is 11.4 Å². The van der Waals surface area contributed by atoms with Gasteiger partial charge in [0.25, 0.3) is 5.69 Å². The number of nitro benzene ring substituents is 1. The van der Waals surface area contributed by atoms with E-state index in [4.69, 9.17) is 4.74 Å². The van der Waals surface area contributed by atoms with Gasteiger partial charge in [-0.2, -0.15) is 0 Å². The first-order valence-corrected chi connectivity index (χ1v) is 6.35. The summed E-state index contributed by atoms with van der Waals surface area (Å²) in [7, 11) is 0. The molecular weight excluding hydrogens is 272 g/mol. The minimum absolute atomic E-state index is 0.00939. The highest BCUT2D eigenvalue weighted by molar-refractivity contribution is 5.86. The highest BCUT2D eigenvalue weighted by Crippen LogP contribution is 2.29. The van der Waals surface area contributed by atoms with Gasteiger partial charge in [-0.05, 0) is 31.2 Å². The lowest BCUT2D eigenvalue weighted by Gasteiger charge is -2.07. The van der Waals surface area contributed by atoms with Gasteiger partial charge in [0, 0.05) is 23.9 Å². The number of benzene rings is 2. The summed E-state index contributed by atoms with van der Waals surface area (Å²) in [4.78, 5) is 14.3. The molecule has 0 unspecified atom stereocenters. The Morgan fingerprint density at radius 2 is 2.00 bits per heavy atom. The van der Waals surface area contributed by atoms with Crippen molar-refractivity contribution < 1.29 is 14.8 Å². The first-order valence-electron chi connectivity index (χ1n) is 6.35. The van der Waals surface area contributed by atoms with E-state index < -0.39 is 4.92 Å². The Kier molecular flexibility index (Phi) is 4.50. The van der Waals surface area contributed by atoms with Crippen LogP contribution in [0.25, 0.3) is 0 Å². The molecule has 0 heterocycles. The van der Waals surface area contributed by atoms with Crippen LogP contribution in [-0.2, 0) is 0 Å². The first kappa shape index (κ1) is 14.5. The minimum Gasteiger partial charge on any atom is -0.504 e. The van der Waals surface area contributed by atoms with Crippen LogP contribution >= 0.6 is 0 Å².